The van der Waals surface area contributed by atoms with Crippen LogP contribution in [-0.2, 0) is 11.3 Å². The Morgan fingerprint density at radius 3 is 2.35 bits per heavy atom. The van der Waals surface area contributed by atoms with E-state index in [1.54, 1.807) is 19.2 Å². The molecule has 1 unspecified atom stereocenters. The van der Waals surface area contributed by atoms with Gasteiger partial charge in [0.2, 0.25) is 0 Å². The number of methoxy groups -OCH3 is 1. The monoisotopic (exact) mass is 292 g/mol. The maximum atomic E-state index is 12.0. The van der Waals surface area contributed by atoms with Gasteiger partial charge in [0.15, 0.2) is 0 Å². The van der Waals surface area contributed by atoms with Gasteiger partial charge in [-0.05, 0) is 24.7 Å². The first-order valence-corrected chi connectivity index (χ1v) is 6.08. The van der Waals surface area contributed by atoms with Gasteiger partial charge in [-0.3, -0.25) is 0 Å². The van der Waals surface area contributed by atoms with Crippen LogP contribution in [0.25, 0.3) is 0 Å². The van der Waals surface area contributed by atoms with Crippen molar-refractivity contribution < 1.29 is 22.6 Å². The first-order chi connectivity index (χ1) is 9.30. The van der Waals surface area contributed by atoms with Gasteiger partial charge in [-0.15, -0.1) is 13.2 Å². The highest BCUT2D eigenvalue weighted by atomic mass is 19.4. The highest BCUT2D eigenvalue weighted by Gasteiger charge is 2.30. The van der Waals surface area contributed by atoms with Crippen LogP contribution in [-0.4, -0.2) is 44.6 Å². The van der Waals surface area contributed by atoms with Crippen LogP contribution >= 0.6 is 0 Å². The SMILES string of the molecule is COCC(N)CN(C)Cc1ccc(OC(F)(F)F)cc1. The molecule has 0 amide bonds. The molecule has 4 nitrogen and oxygen atoms in total. The molecule has 0 heterocycles. The van der Waals surface area contributed by atoms with Gasteiger partial charge < -0.3 is 20.1 Å². The number of halogens is 3. The molecule has 2 N–H and O–H groups in total. The average Bonchev–Trinajstić information content (AvgIpc) is 2.30. The third kappa shape index (κ3) is 6.74. The molecule has 7 heteroatoms. The van der Waals surface area contributed by atoms with Gasteiger partial charge in [0.1, 0.15) is 5.75 Å². The van der Waals surface area contributed by atoms with Gasteiger partial charge in [-0.2, -0.15) is 0 Å². The molecular formula is C13H19F3N2O2. The number of alkyl halides is 3. The first kappa shape index (κ1) is 16.7. The number of ether oxygens (including phenoxy) is 2. The third-order valence-corrected chi connectivity index (χ3v) is 2.54. The Bertz CT molecular complexity index is 396. The number of nitrogens with zero attached hydrogens (tertiary/aromatic N) is 1. The second kappa shape index (κ2) is 7.47. The Morgan fingerprint density at radius 1 is 1.25 bits per heavy atom. The van der Waals surface area contributed by atoms with Crippen LogP contribution in [0.15, 0.2) is 24.3 Å². The number of hydrogen-bond donors (Lipinski definition) is 1. The number of benzene rings is 1. The van der Waals surface area contributed by atoms with Gasteiger partial charge in [-0.25, -0.2) is 0 Å². The molecule has 20 heavy (non-hydrogen) atoms. The van der Waals surface area contributed by atoms with E-state index in [2.05, 4.69) is 4.74 Å². The van der Waals surface area contributed by atoms with Crippen molar-refractivity contribution in [2.24, 2.45) is 5.73 Å². The molecule has 1 aromatic rings. The zero-order valence-corrected chi connectivity index (χ0v) is 11.5. The summed E-state index contributed by atoms with van der Waals surface area (Å²) >= 11 is 0. The van der Waals surface area contributed by atoms with Crippen molar-refractivity contribution in [1.29, 1.82) is 0 Å². The third-order valence-electron chi connectivity index (χ3n) is 2.54. The molecule has 0 saturated carbocycles. The van der Waals surface area contributed by atoms with E-state index >= 15 is 0 Å². The fourth-order valence-corrected chi connectivity index (χ4v) is 1.84. The lowest BCUT2D eigenvalue weighted by Crippen LogP contribution is -2.38. The largest absolute Gasteiger partial charge is 0.573 e. The van der Waals surface area contributed by atoms with Crippen molar-refractivity contribution in [3.63, 3.8) is 0 Å². The van der Waals surface area contributed by atoms with Crippen molar-refractivity contribution in [2.75, 3.05) is 27.3 Å². The Morgan fingerprint density at radius 2 is 1.85 bits per heavy atom. The number of likely N-dealkylation sites (N-methyl/N-ethyl adjacent to an activating group) is 1. The van der Waals surface area contributed by atoms with Crippen LogP contribution in [0.3, 0.4) is 0 Å². The lowest BCUT2D eigenvalue weighted by molar-refractivity contribution is -0.274. The van der Waals surface area contributed by atoms with Crippen LogP contribution in [0.1, 0.15) is 5.56 Å². The van der Waals surface area contributed by atoms with E-state index < -0.39 is 6.36 Å². The molecule has 0 bridgehead atoms. The van der Waals surface area contributed by atoms with Crippen LogP contribution in [0, 0.1) is 0 Å². The first-order valence-electron chi connectivity index (χ1n) is 6.08. The molecule has 0 spiro atoms. The summed E-state index contributed by atoms with van der Waals surface area (Å²) in [5, 5.41) is 0. The number of rotatable bonds is 7. The van der Waals surface area contributed by atoms with Gasteiger partial charge in [0, 0.05) is 26.2 Å². The molecule has 0 aliphatic heterocycles. The van der Waals surface area contributed by atoms with E-state index in [1.165, 1.54) is 12.1 Å². The zero-order chi connectivity index (χ0) is 15.2. The molecule has 0 aliphatic carbocycles. The topological polar surface area (TPSA) is 47.7 Å². The summed E-state index contributed by atoms with van der Waals surface area (Å²) in [5.41, 5.74) is 6.70. The van der Waals surface area contributed by atoms with Crippen LogP contribution in [0.4, 0.5) is 13.2 Å². The molecule has 1 atom stereocenters. The number of hydrogen-bond acceptors (Lipinski definition) is 4. The normalized spacial score (nSPS) is 13.6. The predicted octanol–water partition coefficient (Wildman–Crippen LogP) is 1.99. The van der Waals surface area contributed by atoms with Gasteiger partial charge in [0.25, 0.3) is 0 Å². The minimum Gasteiger partial charge on any atom is -0.406 e. The molecule has 0 aromatic heterocycles. The fraction of sp³-hybridized carbons (Fsp3) is 0.538. The molecule has 1 rings (SSSR count). The number of nitrogens with two attached hydrogens (primary N) is 1. The van der Waals surface area contributed by atoms with Crippen molar-refractivity contribution in [3.8, 4) is 5.75 Å². The second-order valence-electron chi connectivity index (χ2n) is 4.60. The zero-order valence-electron chi connectivity index (χ0n) is 11.5. The highest BCUT2D eigenvalue weighted by Crippen LogP contribution is 2.22. The molecule has 0 saturated heterocycles. The van der Waals surface area contributed by atoms with Crippen molar-refractivity contribution in [1.82, 2.24) is 4.90 Å². The average molecular weight is 292 g/mol. The fourth-order valence-electron chi connectivity index (χ4n) is 1.84. The van der Waals surface area contributed by atoms with Crippen molar-refractivity contribution in [2.45, 2.75) is 18.9 Å². The minimum atomic E-state index is -4.66. The van der Waals surface area contributed by atoms with E-state index in [0.29, 0.717) is 19.7 Å². The van der Waals surface area contributed by atoms with Crippen LogP contribution in [0.5, 0.6) is 5.75 Å². The maximum Gasteiger partial charge on any atom is 0.573 e. The van der Waals surface area contributed by atoms with Crippen LogP contribution in [0.2, 0.25) is 0 Å². The molecular weight excluding hydrogens is 273 g/mol. The quantitative estimate of drug-likeness (QED) is 0.835. The van der Waals surface area contributed by atoms with E-state index in [4.69, 9.17) is 10.5 Å². The Hall–Kier alpha value is -1.31. The summed E-state index contributed by atoms with van der Waals surface area (Å²) in [4.78, 5) is 1.98. The molecule has 0 aliphatic rings. The summed E-state index contributed by atoms with van der Waals surface area (Å²) < 4.78 is 44.8. The lowest BCUT2D eigenvalue weighted by Gasteiger charge is -2.21. The van der Waals surface area contributed by atoms with Gasteiger partial charge in [-0.1, -0.05) is 12.1 Å². The lowest BCUT2D eigenvalue weighted by atomic mass is 10.2. The Labute approximate surface area is 116 Å². The smallest absolute Gasteiger partial charge is 0.406 e. The van der Waals surface area contributed by atoms with Gasteiger partial charge in [0.05, 0.1) is 6.61 Å². The van der Waals surface area contributed by atoms with E-state index in [9.17, 15) is 13.2 Å². The van der Waals surface area contributed by atoms with Crippen molar-refractivity contribution >= 4 is 0 Å². The summed E-state index contributed by atoms with van der Waals surface area (Å²) in [7, 11) is 3.47. The van der Waals surface area contributed by atoms with E-state index in [-0.39, 0.29) is 11.8 Å². The van der Waals surface area contributed by atoms with Crippen LogP contribution < -0.4 is 10.5 Å². The Kier molecular flexibility index (Phi) is 6.25. The summed E-state index contributed by atoms with van der Waals surface area (Å²) in [6, 6.07) is 5.69. The predicted molar refractivity (Wildman–Crippen MR) is 69.3 cm³/mol. The standard InChI is InChI=1S/C13H19F3N2O2/c1-18(8-11(17)9-19-2)7-10-3-5-12(6-4-10)20-13(14,15)16/h3-6,11H,7-9,17H2,1-2H3. The molecule has 114 valence electrons. The highest BCUT2D eigenvalue weighted by molar-refractivity contribution is 5.27. The summed E-state index contributed by atoms with van der Waals surface area (Å²) in [5.74, 6) is -0.222. The van der Waals surface area contributed by atoms with Gasteiger partial charge >= 0.3 is 6.36 Å². The minimum absolute atomic E-state index is 0.0992. The molecule has 0 fully saturated rings. The molecule has 0 radical (unpaired) electrons. The maximum absolute atomic E-state index is 12.0. The molecule has 1 aromatic carbocycles. The van der Waals surface area contributed by atoms with Crippen molar-refractivity contribution in [3.05, 3.63) is 29.8 Å². The second-order valence-corrected chi connectivity index (χ2v) is 4.60. The Balaban J connectivity index is 2.48. The van der Waals surface area contributed by atoms with E-state index in [1.807, 2.05) is 11.9 Å². The van der Waals surface area contributed by atoms with E-state index in [0.717, 1.165) is 5.56 Å². The summed E-state index contributed by atoms with van der Waals surface area (Å²) in [6.45, 7) is 1.68. The summed E-state index contributed by atoms with van der Waals surface area (Å²) in [6.07, 6.45) is -4.66.